The minimum atomic E-state index is -0.937. The molecule has 3 nitrogen and oxygen atoms in total. The fourth-order valence-corrected chi connectivity index (χ4v) is 3.03. The molecule has 0 fully saturated rings. The first-order valence-electron chi connectivity index (χ1n) is 5.38. The van der Waals surface area contributed by atoms with E-state index in [-0.39, 0.29) is 5.56 Å². The number of carbonyl (C=O) groups is 1. The van der Waals surface area contributed by atoms with Gasteiger partial charge in [0.15, 0.2) is 0 Å². The fourth-order valence-electron chi connectivity index (χ4n) is 1.65. The topological polar surface area (TPSA) is 49.3 Å². The second-order valence-electron chi connectivity index (χ2n) is 3.85. The molecule has 0 bridgehead atoms. The van der Waals surface area contributed by atoms with Crippen molar-refractivity contribution < 1.29 is 9.90 Å². The highest BCUT2D eigenvalue weighted by atomic mass is 79.9. The van der Waals surface area contributed by atoms with Crippen LogP contribution in [0.3, 0.4) is 0 Å². The van der Waals surface area contributed by atoms with Crippen molar-refractivity contribution in [3.8, 4) is 0 Å². The van der Waals surface area contributed by atoms with Gasteiger partial charge in [0.25, 0.3) is 0 Å². The smallest absolute Gasteiger partial charge is 0.338 e. The van der Waals surface area contributed by atoms with Crippen molar-refractivity contribution in [2.75, 3.05) is 5.32 Å². The Bertz CT molecular complexity index is 580. The van der Waals surface area contributed by atoms with Crippen LogP contribution in [0.2, 0.25) is 0 Å². The first kappa shape index (κ1) is 13.1. The first-order chi connectivity index (χ1) is 8.59. The summed E-state index contributed by atoms with van der Waals surface area (Å²) in [5.74, 6) is -0.937. The Morgan fingerprint density at radius 2 is 2.22 bits per heavy atom. The largest absolute Gasteiger partial charge is 0.478 e. The number of thiophene rings is 1. The maximum absolute atomic E-state index is 11.2. The average molecular weight is 326 g/mol. The fraction of sp³-hybridized carbons (Fsp3) is 0.154. The van der Waals surface area contributed by atoms with Crippen molar-refractivity contribution >= 4 is 38.9 Å². The SMILES string of the molecule is Cc1ccsc1CNc1cccc(Br)c1C(=O)O. The molecule has 0 saturated carbocycles. The Morgan fingerprint density at radius 3 is 2.83 bits per heavy atom. The highest BCUT2D eigenvalue weighted by Gasteiger charge is 2.13. The van der Waals surface area contributed by atoms with Gasteiger partial charge >= 0.3 is 5.97 Å². The molecule has 1 aromatic heterocycles. The Kier molecular flexibility index (Phi) is 4.04. The Morgan fingerprint density at radius 1 is 1.44 bits per heavy atom. The molecule has 0 amide bonds. The van der Waals surface area contributed by atoms with Crippen LogP contribution in [0.25, 0.3) is 0 Å². The van der Waals surface area contributed by atoms with Crippen molar-refractivity contribution in [3.63, 3.8) is 0 Å². The summed E-state index contributed by atoms with van der Waals surface area (Å²) < 4.78 is 0.586. The molecule has 1 aromatic carbocycles. The van der Waals surface area contributed by atoms with Crippen LogP contribution in [-0.4, -0.2) is 11.1 Å². The molecule has 1 heterocycles. The van der Waals surface area contributed by atoms with E-state index in [1.54, 1.807) is 23.5 Å². The lowest BCUT2D eigenvalue weighted by atomic mass is 10.1. The molecule has 0 saturated heterocycles. The average Bonchev–Trinajstić information content (AvgIpc) is 2.71. The van der Waals surface area contributed by atoms with E-state index in [4.69, 9.17) is 0 Å². The molecule has 0 unspecified atom stereocenters. The van der Waals surface area contributed by atoms with Gasteiger partial charge in [0.1, 0.15) is 0 Å². The predicted molar refractivity (Wildman–Crippen MR) is 77.5 cm³/mol. The van der Waals surface area contributed by atoms with Gasteiger partial charge in [-0.1, -0.05) is 6.07 Å². The molecule has 2 rings (SSSR count). The van der Waals surface area contributed by atoms with E-state index in [1.165, 1.54) is 10.4 Å². The Balaban J connectivity index is 2.22. The Labute approximate surface area is 118 Å². The summed E-state index contributed by atoms with van der Waals surface area (Å²) in [7, 11) is 0. The second kappa shape index (κ2) is 5.54. The number of hydrogen-bond donors (Lipinski definition) is 2. The molecule has 0 aliphatic rings. The molecule has 18 heavy (non-hydrogen) atoms. The van der Waals surface area contributed by atoms with Crippen molar-refractivity contribution in [2.24, 2.45) is 0 Å². The zero-order chi connectivity index (χ0) is 13.1. The van der Waals surface area contributed by atoms with Gasteiger partial charge in [-0.3, -0.25) is 0 Å². The second-order valence-corrected chi connectivity index (χ2v) is 5.70. The van der Waals surface area contributed by atoms with Crippen molar-refractivity contribution in [2.45, 2.75) is 13.5 Å². The van der Waals surface area contributed by atoms with E-state index in [1.807, 2.05) is 18.4 Å². The molecule has 0 radical (unpaired) electrons. The van der Waals surface area contributed by atoms with Crippen LogP contribution < -0.4 is 5.32 Å². The molecule has 0 aliphatic heterocycles. The van der Waals surface area contributed by atoms with Crippen molar-refractivity contribution in [3.05, 3.63) is 50.1 Å². The third-order valence-electron chi connectivity index (χ3n) is 2.64. The first-order valence-corrected chi connectivity index (χ1v) is 7.05. The third-order valence-corrected chi connectivity index (χ3v) is 4.32. The normalized spacial score (nSPS) is 10.3. The number of hydrogen-bond acceptors (Lipinski definition) is 3. The predicted octanol–water partition coefficient (Wildman–Crippen LogP) is 4.13. The lowest BCUT2D eigenvalue weighted by Crippen LogP contribution is -2.07. The zero-order valence-electron chi connectivity index (χ0n) is 9.74. The molecule has 2 N–H and O–H groups in total. The van der Waals surface area contributed by atoms with Crippen molar-refractivity contribution in [1.82, 2.24) is 0 Å². The molecular weight excluding hydrogens is 314 g/mol. The minimum absolute atomic E-state index is 0.270. The van der Waals surface area contributed by atoms with Gasteiger partial charge in [-0.05, 0) is 52.0 Å². The summed E-state index contributed by atoms with van der Waals surface area (Å²) in [5, 5.41) is 14.4. The summed E-state index contributed by atoms with van der Waals surface area (Å²) in [6.45, 7) is 2.69. The standard InChI is InChI=1S/C13H12BrNO2S/c1-8-5-6-18-11(8)7-15-10-4-2-3-9(14)12(10)13(16)17/h2-6,15H,7H2,1H3,(H,16,17). The maximum atomic E-state index is 11.2. The zero-order valence-corrected chi connectivity index (χ0v) is 12.1. The van der Waals surface area contributed by atoms with Gasteiger partial charge in [-0.2, -0.15) is 0 Å². The number of aryl methyl sites for hydroxylation is 1. The van der Waals surface area contributed by atoms with E-state index in [2.05, 4.69) is 27.3 Å². The number of carboxylic acids is 1. The number of rotatable bonds is 4. The van der Waals surface area contributed by atoms with Crippen LogP contribution >= 0.6 is 27.3 Å². The lowest BCUT2D eigenvalue weighted by Gasteiger charge is -2.10. The van der Waals surface area contributed by atoms with Crippen LogP contribution in [0.1, 0.15) is 20.8 Å². The summed E-state index contributed by atoms with van der Waals surface area (Å²) in [6.07, 6.45) is 0. The number of halogens is 1. The highest BCUT2D eigenvalue weighted by Crippen LogP contribution is 2.26. The van der Waals surface area contributed by atoms with Crippen molar-refractivity contribution in [1.29, 1.82) is 0 Å². The number of carboxylic acid groups (broad SMARTS) is 1. The third kappa shape index (κ3) is 2.73. The highest BCUT2D eigenvalue weighted by molar-refractivity contribution is 9.10. The van der Waals surface area contributed by atoms with Gasteiger partial charge in [0, 0.05) is 15.9 Å². The van der Waals surface area contributed by atoms with E-state index < -0.39 is 5.97 Å². The van der Waals surface area contributed by atoms with E-state index in [0.717, 1.165) is 0 Å². The monoisotopic (exact) mass is 325 g/mol. The van der Waals surface area contributed by atoms with Gasteiger partial charge < -0.3 is 10.4 Å². The molecule has 0 atom stereocenters. The summed E-state index contributed by atoms with van der Waals surface area (Å²) in [4.78, 5) is 12.4. The van der Waals surface area contributed by atoms with Gasteiger partial charge in [-0.25, -0.2) is 4.79 Å². The maximum Gasteiger partial charge on any atom is 0.338 e. The number of aromatic carboxylic acids is 1. The summed E-state index contributed by atoms with van der Waals surface area (Å²) >= 11 is 4.93. The van der Waals surface area contributed by atoms with E-state index in [0.29, 0.717) is 16.7 Å². The lowest BCUT2D eigenvalue weighted by molar-refractivity contribution is 0.0697. The summed E-state index contributed by atoms with van der Waals surface area (Å²) in [5.41, 5.74) is 2.12. The van der Waals surface area contributed by atoms with Crippen LogP contribution in [0.5, 0.6) is 0 Å². The van der Waals surface area contributed by atoms with E-state index in [9.17, 15) is 9.90 Å². The van der Waals surface area contributed by atoms with Crippen LogP contribution in [0.15, 0.2) is 34.1 Å². The van der Waals surface area contributed by atoms with Crippen LogP contribution in [0.4, 0.5) is 5.69 Å². The number of anilines is 1. The van der Waals surface area contributed by atoms with Gasteiger partial charge in [-0.15, -0.1) is 11.3 Å². The quantitative estimate of drug-likeness (QED) is 0.888. The number of benzene rings is 1. The molecular formula is C13H12BrNO2S. The molecule has 94 valence electrons. The van der Waals surface area contributed by atoms with E-state index >= 15 is 0 Å². The minimum Gasteiger partial charge on any atom is -0.478 e. The summed E-state index contributed by atoms with van der Waals surface area (Å²) in [6, 6.07) is 7.38. The van der Waals surface area contributed by atoms with Crippen LogP contribution in [0, 0.1) is 6.92 Å². The molecule has 0 aliphatic carbocycles. The van der Waals surface area contributed by atoms with Gasteiger partial charge in [0.05, 0.1) is 11.3 Å². The molecule has 0 spiro atoms. The van der Waals surface area contributed by atoms with Gasteiger partial charge in [0.2, 0.25) is 0 Å². The molecule has 2 aromatic rings. The van der Waals surface area contributed by atoms with Crippen LogP contribution in [-0.2, 0) is 6.54 Å². The molecule has 5 heteroatoms. The number of nitrogens with one attached hydrogen (secondary N) is 1. The Hall–Kier alpha value is -1.33.